The van der Waals surface area contributed by atoms with Crippen LogP contribution in [-0.4, -0.2) is 32.0 Å². The van der Waals surface area contributed by atoms with Crippen molar-refractivity contribution in [2.24, 2.45) is 0 Å². The summed E-state index contributed by atoms with van der Waals surface area (Å²) in [6, 6.07) is 21.6. The lowest BCUT2D eigenvalue weighted by molar-refractivity contribution is -0.124. The van der Waals surface area contributed by atoms with Crippen LogP contribution in [0.15, 0.2) is 66.2 Å². The third-order valence-electron chi connectivity index (χ3n) is 4.46. The van der Waals surface area contributed by atoms with Crippen LogP contribution in [0, 0.1) is 11.3 Å². The summed E-state index contributed by atoms with van der Waals surface area (Å²) in [7, 11) is 4.78. The van der Waals surface area contributed by atoms with Crippen molar-refractivity contribution in [1.82, 2.24) is 4.90 Å². The van der Waals surface area contributed by atoms with E-state index in [1.54, 1.807) is 39.4 Å². The van der Waals surface area contributed by atoms with E-state index in [4.69, 9.17) is 9.47 Å². The van der Waals surface area contributed by atoms with Crippen molar-refractivity contribution in [3.05, 3.63) is 77.4 Å². The molecule has 0 aliphatic rings. The molecule has 0 fully saturated rings. The summed E-state index contributed by atoms with van der Waals surface area (Å²) in [5, 5.41) is 11.6. The zero-order chi connectivity index (χ0) is 20.8. The second-order valence-electron chi connectivity index (χ2n) is 6.75. The molecule has 0 saturated carbocycles. The molecule has 5 nitrogen and oxygen atoms in total. The fourth-order valence-corrected chi connectivity index (χ4v) is 2.93. The minimum absolute atomic E-state index is 0.0573. The van der Waals surface area contributed by atoms with Gasteiger partial charge in [-0.3, -0.25) is 4.79 Å². The second kappa shape index (κ2) is 8.94. The molecule has 3 rings (SSSR count). The van der Waals surface area contributed by atoms with Gasteiger partial charge in [0.05, 0.1) is 7.11 Å². The number of nitriles is 1. The molecule has 0 aliphatic heterocycles. The molecule has 0 aromatic heterocycles. The van der Waals surface area contributed by atoms with Gasteiger partial charge in [-0.05, 0) is 46.2 Å². The van der Waals surface area contributed by atoms with E-state index in [2.05, 4.69) is 24.3 Å². The molecular formula is C24H22N2O3. The Hall–Kier alpha value is -3.78. The molecule has 29 heavy (non-hydrogen) atoms. The average molecular weight is 386 g/mol. The van der Waals surface area contributed by atoms with E-state index in [1.165, 1.54) is 16.4 Å². The molecule has 0 saturated heterocycles. The van der Waals surface area contributed by atoms with Gasteiger partial charge in [-0.2, -0.15) is 5.26 Å². The van der Waals surface area contributed by atoms with E-state index in [-0.39, 0.29) is 11.5 Å². The lowest BCUT2D eigenvalue weighted by atomic mass is 10.1. The lowest BCUT2D eigenvalue weighted by Gasteiger charge is -2.12. The number of benzene rings is 3. The van der Waals surface area contributed by atoms with Crippen molar-refractivity contribution in [1.29, 1.82) is 5.26 Å². The molecule has 0 aliphatic carbocycles. The van der Waals surface area contributed by atoms with Gasteiger partial charge in [-0.15, -0.1) is 0 Å². The van der Waals surface area contributed by atoms with Gasteiger partial charge in [0.25, 0.3) is 5.91 Å². The van der Waals surface area contributed by atoms with Crippen LogP contribution < -0.4 is 9.47 Å². The van der Waals surface area contributed by atoms with E-state index in [0.29, 0.717) is 23.7 Å². The van der Waals surface area contributed by atoms with Gasteiger partial charge in [0.2, 0.25) is 0 Å². The molecule has 0 unspecified atom stereocenters. The Kier molecular flexibility index (Phi) is 6.16. The summed E-state index contributed by atoms with van der Waals surface area (Å²) < 4.78 is 11.4. The number of hydrogen-bond acceptors (Lipinski definition) is 4. The number of hydrogen-bond donors (Lipinski definition) is 0. The summed E-state index contributed by atoms with van der Waals surface area (Å²) in [6.45, 7) is 0.402. The zero-order valence-corrected chi connectivity index (χ0v) is 16.7. The Morgan fingerprint density at radius 1 is 1.03 bits per heavy atom. The van der Waals surface area contributed by atoms with Crippen LogP contribution in [0.2, 0.25) is 0 Å². The van der Waals surface area contributed by atoms with Crippen LogP contribution in [-0.2, 0) is 11.4 Å². The average Bonchev–Trinajstić information content (AvgIpc) is 2.75. The van der Waals surface area contributed by atoms with Crippen LogP contribution in [0.4, 0.5) is 0 Å². The predicted molar refractivity (Wildman–Crippen MR) is 114 cm³/mol. The van der Waals surface area contributed by atoms with Crippen molar-refractivity contribution in [3.8, 4) is 17.6 Å². The predicted octanol–water partition coefficient (Wildman–Crippen LogP) is 4.42. The number of rotatable bonds is 6. The Labute approximate surface area is 170 Å². The maximum absolute atomic E-state index is 12.0. The van der Waals surface area contributed by atoms with Gasteiger partial charge >= 0.3 is 0 Å². The number of carbonyl (C=O) groups excluding carboxylic acids is 1. The number of carbonyl (C=O) groups is 1. The van der Waals surface area contributed by atoms with Crippen LogP contribution in [0.1, 0.15) is 11.1 Å². The highest BCUT2D eigenvalue weighted by molar-refractivity contribution is 6.01. The van der Waals surface area contributed by atoms with E-state index in [0.717, 1.165) is 10.9 Å². The largest absolute Gasteiger partial charge is 0.493 e. The summed E-state index contributed by atoms with van der Waals surface area (Å²) in [5.74, 6) is 0.785. The van der Waals surface area contributed by atoms with Crippen molar-refractivity contribution in [2.75, 3.05) is 21.2 Å². The smallest absolute Gasteiger partial charge is 0.264 e. The fraction of sp³-hybridized carbons (Fsp3) is 0.167. The molecule has 0 heterocycles. The zero-order valence-electron chi connectivity index (χ0n) is 16.7. The lowest BCUT2D eigenvalue weighted by Crippen LogP contribution is -2.22. The minimum Gasteiger partial charge on any atom is -0.493 e. The third kappa shape index (κ3) is 4.74. The number of ether oxygens (including phenoxy) is 2. The minimum atomic E-state index is -0.344. The van der Waals surface area contributed by atoms with Crippen LogP contribution >= 0.6 is 0 Å². The van der Waals surface area contributed by atoms with Crippen molar-refractivity contribution < 1.29 is 14.3 Å². The van der Waals surface area contributed by atoms with Crippen molar-refractivity contribution in [3.63, 3.8) is 0 Å². The molecular weight excluding hydrogens is 364 g/mol. The maximum Gasteiger partial charge on any atom is 0.264 e. The normalized spacial score (nSPS) is 11.0. The summed E-state index contributed by atoms with van der Waals surface area (Å²) >= 11 is 0. The molecule has 0 spiro atoms. The van der Waals surface area contributed by atoms with Gasteiger partial charge in [0.1, 0.15) is 18.2 Å². The Balaban J connectivity index is 1.79. The number of likely N-dealkylation sites (N-methyl/N-ethyl adjacent to an activating group) is 1. The quantitative estimate of drug-likeness (QED) is 0.465. The van der Waals surface area contributed by atoms with E-state index >= 15 is 0 Å². The molecule has 3 aromatic carbocycles. The molecule has 5 heteroatoms. The molecule has 3 aromatic rings. The molecule has 0 radical (unpaired) electrons. The first-order valence-corrected chi connectivity index (χ1v) is 9.14. The van der Waals surface area contributed by atoms with Crippen molar-refractivity contribution >= 4 is 22.8 Å². The summed E-state index contributed by atoms with van der Waals surface area (Å²) in [6.07, 6.45) is 1.54. The van der Waals surface area contributed by atoms with Crippen LogP contribution in [0.25, 0.3) is 16.8 Å². The maximum atomic E-state index is 12.0. The Morgan fingerprint density at radius 2 is 1.79 bits per heavy atom. The monoisotopic (exact) mass is 386 g/mol. The first kappa shape index (κ1) is 20.0. The summed E-state index contributed by atoms with van der Waals surface area (Å²) in [4.78, 5) is 13.4. The molecule has 0 N–H and O–H groups in total. The Morgan fingerprint density at radius 3 is 2.48 bits per heavy atom. The topological polar surface area (TPSA) is 62.6 Å². The first-order chi connectivity index (χ1) is 14.0. The first-order valence-electron chi connectivity index (χ1n) is 9.14. The van der Waals surface area contributed by atoms with Crippen LogP contribution in [0.3, 0.4) is 0 Å². The number of fused-ring (bicyclic) bond motifs is 1. The van der Waals surface area contributed by atoms with Gasteiger partial charge in [-0.1, -0.05) is 42.5 Å². The van der Waals surface area contributed by atoms with Gasteiger partial charge in [-0.25, -0.2) is 0 Å². The van der Waals surface area contributed by atoms with E-state index < -0.39 is 0 Å². The highest BCUT2D eigenvalue weighted by Crippen LogP contribution is 2.30. The molecule has 146 valence electrons. The van der Waals surface area contributed by atoms with E-state index in [9.17, 15) is 10.1 Å². The third-order valence-corrected chi connectivity index (χ3v) is 4.46. The summed E-state index contributed by atoms with van der Waals surface area (Å²) in [5.41, 5.74) is 1.80. The SMILES string of the molecule is COc1cc(/C=C(/C#N)C(=O)N(C)C)ccc1OCc1ccc2ccccc2c1. The molecule has 0 bridgehead atoms. The van der Waals surface area contributed by atoms with Gasteiger partial charge in [0.15, 0.2) is 11.5 Å². The Bertz CT molecular complexity index is 1110. The highest BCUT2D eigenvalue weighted by atomic mass is 16.5. The number of methoxy groups -OCH3 is 1. The highest BCUT2D eigenvalue weighted by Gasteiger charge is 2.12. The van der Waals surface area contributed by atoms with Crippen molar-refractivity contribution in [2.45, 2.75) is 6.61 Å². The van der Waals surface area contributed by atoms with E-state index in [1.807, 2.05) is 24.3 Å². The number of nitrogens with zero attached hydrogens (tertiary/aromatic N) is 2. The molecule has 1 amide bonds. The molecule has 0 atom stereocenters. The van der Waals surface area contributed by atoms with Gasteiger partial charge < -0.3 is 14.4 Å². The standard InChI is InChI=1S/C24H22N2O3/c1-26(2)24(27)21(15-25)12-17-9-11-22(23(14-17)28-3)29-16-18-8-10-19-6-4-5-7-20(19)13-18/h4-14H,16H2,1-3H3/b21-12-. The van der Waals surface area contributed by atoms with Gasteiger partial charge in [0, 0.05) is 14.1 Å². The van der Waals surface area contributed by atoms with Crippen LogP contribution in [0.5, 0.6) is 11.5 Å². The number of amides is 1. The second-order valence-corrected chi connectivity index (χ2v) is 6.75. The fourth-order valence-electron chi connectivity index (χ4n) is 2.93.